The summed E-state index contributed by atoms with van der Waals surface area (Å²) in [4.78, 5) is 0. The number of rotatable bonds is 1. The minimum atomic E-state index is 0.393. The fourth-order valence-electron chi connectivity index (χ4n) is 6.35. The minimum absolute atomic E-state index is 0.393. The highest BCUT2D eigenvalue weighted by Gasteiger charge is 2.53. The maximum atomic E-state index is 6.39. The molecule has 0 aromatic carbocycles. The molecule has 3 fully saturated rings. The van der Waals surface area contributed by atoms with Crippen LogP contribution in [-0.4, -0.2) is 5.88 Å². The van der Waals surface area contributed by atoms with E-state index in [4.69, 9.17) is 11.6 Å². The van der Waals surface area contributed by atoms with Gasteiger partial charge in [0, 0.05) is 11.3 Å². The summed E-state index contributed by atoms with van der Waals surface area (Å²) in [5.41, 5.74) is 0.393. The average Bonchev–Trinajstić information content (AvgIpc) is 2.91. The quantitative estimate of drug-likeness (QED) is 0.444. The lowest BCUT2D eigenvalue weighted by atomic mass is 9.50. The molecule has 1 unspecified atom stereocenters. The third kappa shape index (κ3) is 1.85. The van der Waals surface area contributed by atoms with Crippen molar-refractivity contribution < 1.29 is 0 Å². The van der Waals surface area contributed by atoms with Crippen LogP contribution in [0.25, 0.3) is 0 Å². The highest BCUT2D eigenvalue weighted by atomic mass is 35.5. The Morgan fingerprint density at radius 1 is 0.947 bits per heavy atom. The number of fused-ring (bicyclic) bond motifs is 5. The predicted octanol–water partition coefficient (Wildman–Crippen LogP) is 5.41. The van der Waals surface area contributed by atoms with Gasteiger partial charge in [-0.3, -0.25) is 0 Å². The van der Waals surface area contributed by atoms with E-state index in [2.05, 4.69) is 12.2 Å². The molecule has 4 rings (SSSR count). The minimum Gasteiger partial charge on any atom is -0.126 e. The van der Waals surface area contributed by atoms with Gasteiger partial charge in [0.1, 0.15) is 0 Å². The van der Waals surface area contributed by atoms with Crippen LogP contribution >= 0.6 is 11.6 Å². The second-order valence-corrected chi connectivity index (χ2v) is 8.03. The molecule has 106 valence electrons. The van der Waals surface area contributed by atoms with Crippen LogP contribution in [0.3, 0.4) is 0 Å². The molecule has 3 saturated carbocycles. The summed E-state index contributed by atoms with van der Waals surface area (Å²) < 4.78 is 0. The van der Waals surface area contributed by atoms with Gasteiger partial charge in [-0.2, -0.15) is 0 Å². The van der Waals surface area contributed by atoms with E-state index in [1.807, 2.05) is 0 Å². The monoisotopic (exact) mass is 278 g/mol. The number of halogens is 1. The molecule has 0 N–H and O–H groups in total. The number of allylic oxidation sites excluding steroid dienone is 2. The molecule has 0 aromatic rings. The lowest BCUT2D eigenvalue weighted by Crippen LogP contribution is -2.48. The van der Waals surface area contributed by atoms with Crippen molar-refractivity contribution in [3.8, 4) is 0 Å². The van der Waals surface area contributed by atoms with Crippen LogP contribution in [0.5, 0.6) is 0 Å². The summed E-state index contributed by atoms with van der Waals surface area (Å²) in [6, 6.07) is 0. The van der Waals surface area contributed by atoms with Gasteiger partial charge >= 0.3 is 0 Å². The highest BCUT2D eigenvalue weighted by Crippen LogP contribution is 2.60. The molecular formula is C18H27Cl. The van der Waals surface area contributed by atoms with Gasteiger partial charge in [-0.15, -0.1) is 11.6 Å². The van der Waals surface area contributed by atoms with Gasteiger partial charge < -0.3 is 0 Å². The Morgan fingerprint density at radius 3 is 2.74 bits per heavy atom. The summed E-state index contributed by atoms with van der Waals surface area (Å²) in [7, 11) is 0. The van der Waals surface area contributed by atoms with Crippen LogP contribution in [0.2, 0.25) is 0 Å². The van der Waals surface area contributed by atoms with Crippen molar-refractivity contribution >= 4 is 11.6 Å². The molecule has 4 aliphatic carbocycles. The van der Waals surface area contributed by atoms with Gasteiger partial charge in [-0.05, 0) is 68.1 Å². The van der Waals surface area contributed by atoms with Crippen LogP contribution in [0.1, 0.15) is 57.8 Å². The molecule has 4 aliphatic rings. The maximum absolute atomic E-state index is 6.39. The maximum Gasteiger partial charge on any atom is 0.0317 e. The molecule has 19 heavy (non-hydrogen) atoms. The lowest BCUT2D eigenvalue weighted by Gasteiger charge is -2.55. The Kier molecular flexibility index (Phi) is 3.22. The van der Waals surface area contributed by atoms with E-state index in [9.17, 15) is 0 Å². The van der Waals surface area contributed by atoms with Gasteiger partial charge in [0.2, 0.25) is 0 Å². The van der Waals surface area contributed by atoms with E-state index in [-0.39, 0.29) is 0 Å². The summed E-state index contributed by atoms with van der Waals surface area (Å²) >= 11 is 6.39. The first-order valence-electron chi connectivity index (χ1n) is 8.58. The largest absolute Gasteiger partial charge is 0.126 e. The van der Waals surface area contributed by atoms with Gasteiger partial charge in [0.05, 0.1) is 0 Å². The zero-order valence-corrected chi connectivity index (χ0v) is 12.7. The Bertz CT molecular complexity index is 374. The number of alkyl halides is 1. The average molecular weight is 279 g/mol. The van der Waals surface area contributed by atoms with E-state index in [0.29, 0.717) is 5.41 Å². The zero-order valence-electron chi connectivity index (χ0n) is 12.0. The summed E-state index contributed by atoms with van der Waals surface area (Å²) in [5.74, 6) is 5.99. The molecular weight excluding hydrogens is 252 g/mol. The predicted molar refractivity (Wildman–Crippen MR) is 81.3 cm³/mol. The van der Waals surface area contributed by atoms with Crippen molar-refractivity contribution in [3.05, 3.63) is 12.2 Å². The van der Waals surface area contributed by atoms with E-state index in [0.717, 1.165) is 35.5 Å². The van der Waals surface area contributed by atoms with Crippen molar-refractivity contribution in [2.75, 3.05) is 5.88 Å². The van der Waals surface area contributed by atoms with E-state index >= 15 is 0 Å². The Labute approximate surface area is 123 Å². The summed E-state index contributed by atoms with van der Waals surface area (Å²) in [5, 5.41) is 0. The topological polar surface area (TPSA) is 0 Å². The van der Waals surface area contributed by atoms with Crippen LogP contribution in [0.15, 0.2) is 12.2 Å². The first kappa shape index (κ1) is 12.7. The normalized spacial score (nSPS) is 52.4. The van der Waals surface area contributed by atoms with Crippen LogP contribution in [0.4, 0.5) is 0 Å². The summed E-state index contributed by atoms with van der Waals surface area (Å²) in [6.07, 6.45) is 18.3. The summed E-state index contributed by atoms with van der Waals surface area (Å²) in [6.45, 7) is 0. The van der Waals surface area contributed by atoms with E-state index < -0.39 is 0 Å². The lowest BCUT2D eigenvalue weighted by molar-refractivity contribution is -0.0388. The molecule has 0 amide bonds. The van der Waals surface area contributed by atoms with Crippen LogP contribution in [-0.2, 0) is 0 Å². The Morgan fingerprint density at radius 2 is 1.84 bits per heavy atom. The second kappa shape index (κ2) is 4.79. The van der Waals surface area contributed by atoms with Gasteiger partial charge in [0.25, 0.3) is 0 Å². The molecule has 6 atom stereocenters. The standard InChI is InChI=1S/C18H27Cl/c19-12-18-10-3-6-17(18)16-8-7-13-4-1-2-5-14(13)15(16)9-11-18/h3,10,13-17H,1-2,4-9,11-12H2/t13?,14-,15+,16+,17-,18-/m0/s1. The molecule has 0 heterocycles. The fourth-order valence-corrected chi connectivity index (χ4v) is 6.77. The van der Waals surface area contributed by atoms with Crippen molar-refractivity contribution in [2.24, 2.45) is 35.0 Å². The third-order valence-corrected chi connectivity index (χ3v) is 7.72. The van der Waals surface area contributed by atoms with Crippen molar-refractivity contribution in [1.29, 1.82) is 0 Å². The highest BCUT2D eigenvalue weighted by molar-refractivity contribution is 6.18. The zero-order chi connectivity index (χ0) is 12.9. The molecule has 0 aromatic heterocycles. The fraction of sp³-hybridized carbons (Fsp3) is 0.889. The molecule has 0 bridgehead atoms. The Balaban J connectivity index is 1.59. The van der Waals surface area contributed by atoms with Crippen LogP contribution in [0, 0.1) is 35.0 Å². The SMILES string of the molecule is ClC[C@@]12C=CC[C@H]1[C@@H]1CCC3CCCC[C@@H]3[C@H]1CC2. The second-order valence-electron chi connectivity index (χ2n) is 7.76. The smallest absolute Gasteiger partial charge is 0.0317 e. The van der Waals surface area contributed by atoms with Crippen molar-refractivity contribution in [3.63, 3.8) is 0 Å². The van der Waals surface area contributed by atoms with Crippen LogP contribution < -0.4 is 0 Å². The molecule has 0 spiro atoms. The van der Waals surface area contributed by atoms with Crippen molar-refractivity contribution in [1.82, 2.24) is 0 Å². The Hall–Kier alpha value is 0.0300. The molecule has 0 radical (unpaired) electrons. The molecule has 0 aliphatic heterocycles. The number of hydrogen-bond acceptors (Lipinski definition) is 0. The first-order valence-corrected chi connectivity index (χ1v) is 9.11. The van der Waals surface area contributed by atoms with Crippen molar-refractivity contribution in [2.45, 2.75) is 57.8 Å². The number of hydrogen-bond donors (Lipinski definition) is 0. The molecule has 1 heteroatoms. The van der Waals surface area contributed by atoms with E-state index in [1.54, 1.807) is 6.42 Å². The molecule has 0 nitrogen and oxygen atoms in total. The van der Waals surface area contributed by atoms with Gasteiger partial charge in [0.15, 0.2) is 0 Å². The first-order chi connectivity index (χ1) is 9.34. The van der Waals surface area contributed by atoms with Gasteiger partial charge in [-0.1, -0.05) is 31.4 Å². The van der Waals surface area contributed by atoms with Gasteiger partial charge in [-0.25, -0.2) is 0 Å². The van der Waals surface area contributed by atoms with E-state index in [1.165, 1.54) is 51.4 Å². The third-order valence-electron chi connectivity index (χ3n) is 7.23. The molecule has 0 saturated heterocycles.